The van der Waals surface area contributed by atoms with Gasteiger partial charge in [0.2, 0.25) is 0 Å². The van der Waals surface area contributed by atoms with Gasteiger partial charge in [0.15, 0.2) is 0 Å². The predicted octanol–water partition coefficient (Wildman–Crippen LogP) is 3.12. The quantitative estimate of drug-likeness (QED) is 0.855. The molecule has 2 aromatic rings. The number of aromatic nitrogens is 2. The average molecular weight is 340 g/mol. The van der Waals surface area contributed by atoms with Crippen molar-refractivity contribution in [2.75, 3.05) is 38.2 Å². The molecule has 3 rings (SSSR count). The molecule has 0 saturated carbocycles. The van der Waals surface area contributed by atoms with Crippen molar-refractivity contribution in [3.05, 3.63) is 47.0 Å². The van der Waals surface area contributed by atoms with E-state index in [1.807, 2.05) is 25.5 Å². The van der Waals surface area contributed by atoms with Crippen LogP contribution in [-0.2, 0) is 6.54 Å². The Balaban J connectivity index is 1.69. The monoisotopic (exact) mass is 340 g/mol. The lowest BCUT2D eigenvalue weighted by Crippen LogP contribution is -2.31. The first-order chi connectivity index (χ1) is 12.1. The van der Waals surface area contributed by atoms with Gasteiger partial charge in [0.05, 0.1) is 12.8 Å². The molecule has 5 heteroatoms. The van der Waals surface area contributed by atoms with Gasteiger partial charge in [-0.25, -0.2) is 0 Å². The third-order valence-corrected chi connectivity index (χ3v) is 5.04. The van der Waals surface area contributed by atoms with Gasteiger partial charge in [-0.2, -0.15) is 0 Å². The van der Waals surface area contributed by atoms with Crippen LogP contribution >= 0.6 is 0 Å². The lowest BCUT2D eigenvalue weighted by atomic mass is 10.1. The molecule has 0 spiro atoms. The second-order valence-corrected chi connectivity index (χ2v) is 6.83. The third-order valence-electron chi connectivity index (χ3n) is 5.04. The molecule has 1 saturated heterocycles. The number of methoxy groups -OCH3 is 1. The summed E-state index contributed by atoms with van der Waals surface area (Å²) >= 11 is 0. The van der Waals surface area contributed by atoms with E-state index in [1.165, 1.54) is 11.3 Å². The van der Waals surface area contributed by atoms with Gasteiger partial charge in [-0.3, -0.25) is 14.9 Å². The normalized spacial score (nSPS) is 15.9. The van der Waals surface area contributed by atoms with Gasteiger partial charge < -0.3 is 9.64 Å². The highest BCUT2D eigenvalue weighted by Crippen LogP contribution is 2.25. The summed E-state index contributed by atoms with van der Waals surface area (Å²) in [7, 11) is 1.74. The van der Waals surface area contributed by atoms with E-state index in [9.17, 15) is 0 Å². The Kier molecular flexibility index (Phi) is 5.53. The Hall–Kier alpha value is -2.14. The fourth-order valence-electron chi connectivity index (χ4n) is 3.63. The zero-order chi connectivity index (χ0) is 17.8. The SMILES string of the molecule is COc1c(C)cnc(CN2CCCN(c3ccncc3C)CC2)c1C. The van der Waals surface area contributed by atoms with Gasteiger partial charge in [0, 0.05) is 68.1 Å². The lowest BCUT2D eigenvalue weighted by Gasteiger charge is -2.25. The summed E-state index contributed by atoms with van der Waals surface area (Å²) in [6.07, 6.45) is 6.91. The highest BCUT2D eigenvalue weighted by Gasteiger charge is 2.18. The van der Waals surface area contributed by atoms with E-state index in [-0.39, 0.29) is 0 Å². The van der Waals surface area contributed by atoms with Gasteiger partial charge in [-0.15, -0.1) is 0 Å². The largest absolute Gasteiger partial charge is 0.496 e. The molecule has 0 bridgehead atoms. The Morgan fingerprint density at radius 1 is 1.04 bits per heavy atom. The molecule has 1 fully saturated rings. The van der Waals surface area contributed by atoms with Crippen LogP contribution in [0.4, 0.5) is 5.69 Å². The molecule has 134 valence electrons. The van der Waals surface area contributed by atoms with Gasteiger partial charge in [-0.1, -0.05) is 0 Å². The molecule has 3 heterocycles. The van der Waals surface area contributed by atoms with E-state index >= 15 is 0 Å². The number of rotatable bonds is 4. The van der Waals surface area contributed by atoms with Crippen LogP contribution in [0.1, 0.15) is 28.8 Å². The topological polar surface area (TPSA) is 41.5 Å². The second kappa shape index (κ2) is 7.83. The maximum atomic E-state index is 5.55. The van der Waals surface area contributed by atoms with Crippen molar-refractivity contribution < 1.29 is 4.74 Å². The summed E-state index contributed by atoms with van der Waals surface area (Å²) in [6, 6.07) is 2.13. The van der Waals surface area contributed by atoms with Crippen LogP contribution in [0.25, 0.3) is 0 Å². The van der Waals surface area contributed by atoms with Crippen molar-refractivity contribution in [2.45, 2.75) is 33.7 Å². The van der Waals surface area contributed by atoms with Crippen molar-refractivity contribution in [2.24, 2.45) is 0 Å². The first kappa shape index (κ1) is 17.7. The van der Waals surface area contributed by atoms with Crippen molar-refractivity contribution in [1.29, 1.82) is 0 Å². The Bertz CT molecular complexity index is 732. The van der Waals surface area contributed by atoms with E-state index < -0.39 is 0 Å². The molecular formula is C20H28N4O. The highest BCUT2D eigenvalue weighted by molar-refractivity contribution is 5.51. The number of pyridine rings is 2. The van der Waals surface area contributed by atoms with Crippen molar-refractivity contribution in [3.63, 3.8) is 0 Å². The summed E-state index contributed by atoms with van der Waals surface area (Å²) in [6.45, 7) is 11.4. The summed E-state index contributed by atoms with van der Waals surface area (Å²) < 4.78 is 5.55. The molecule has 25 heavy (non-hydrogen) atoms. The van der Waals surface area contributed by atoms with Gasteiger partial charge >= 0.3 is 0 Å². The average Bonchev–Trinajstić information content (AvgIpc) is 2.84. The summed E-state index contributed by atoms with van der Waals surface area (Å²) in [5.74, 6) is 0.967. The minimum absolute atomic E-state index is 0.881. The molecule has 0 N–H and O–H groups in total. The number of hydrogen-bond donors (Lipinski definition) is 0. The first-order valence-corrected chi connectivity index (χ1v) is 8.97. The van der Waals surface area contributed by atoms with Crippen LogP contribution in [0.5, 0.6) is 5.75 Å². The van der Waals surface area contributed by atoms with Crippen LogP contribution in [0.2, 0.25) is 0 Å². The number of aryl methyl sites for hydroxylation is 2. The fourth-order valence-corrected chi connectivity index (χ4v) is 3.63. The number of nitrogens with zero attached hydrogens (tertiary/aromatic N) is 4. The molecule has 2 aromatic heterocycles. The Morgan fingerprint density at radius 3 is 2.64 bits per heavy atom. The lowest BCUT2D eigenvalue weighted by molar-refractivity contribution is 0.280. The third kappa shape index (κ3) is 3.93. The maximum absolute atomic E-state index is 5.55. The van der Waals surface area contributed by atoms with Gasteiger partial charge in [0.1, 0.15) is 5.75 Å². The van der Waals surface area contributed by atoms with E-state index in [0.29, 0.717) is 0 Å². The molecule has 0 amide bonds. The standard InChI is InChI=1S/C20H28N4O/c1-15-12-21-7-6-19(15)24-9-5-8-23(10-11-24)14-18-17(3)20(25-4)16(2)13-22-18/h6-7,12-13H,5,8-11,14H2,1-4H3. The van der Waals surface area contributed by atoms with Crippen LogP contribution < -0.4 is 9.64 Å². The summed E-state index contributed by atoms with van der Waals surface area (Å²) in [4.78, 5) is 13.8. The molecule has 1 aliphatic rings. The van der Waals surface area contributed by atoms with Gasteiger partial charge in [0.25, 0.3) is 0 Å². The van der Waals surface area contributed by atoms with Crippen molar-refractivity contribution in [1.82, 2.24) is 14.9 Å². The first-order valence-electron chi connectivity index (χ1n) is 8.97. The smallest absolute Gasteiger partial charge is 0.128 e. The molecule has 1 aliphatic heterocycles. The van der Waals surface area contributed by atoms with Crippen molar-refractivity contribution >= 4 is 5.69 Å². The second-order valence-electron chi connectivity index (χ2n) is 6.83. The van der Waals surface area contributed by atoms with E-state index in [4.69, 9.17) is 4.74 Å². The molecule has 0 aromatic carbocycles. The molecule has 0 aliphatic carbocycles. The number of hydrogen-bond acceptors (Lipinski definition) is 5. The van der Waals surface area contributed by atoms with Crippen LogP contribution in [0.15, 0.2) is 24.7 Å². The number of anilines is 1. The zero-order valence-corrected chi connectivity index (χ0v) is 15.7. The minimum atomic E-state index is 0.881. The Morgan fingerprint density at radius 2 is 1.88 bits per heavy atom. The molecule has 0 atom stereocenters. The van der Waals surface area contributed by atoms with E-state index in [0.717, 1.165) is 61.7 Å². The maximum Gasteiger partial charge on any atom is 0.128 e. The summed E-state index contributed by atoms with van der Waals surface area (Å²) in [5.41, 5.74) is 5.93. The van der Waals surface area contributed by atoms with Crippen LogP contribution in [0, 0.1) is 20.8 Å². The fraction of sp³-hybridized carbons (Fsp3) is 0.500. The molecule has 5 nitrogen and oxygen atoms in total. The van der Waals surface area contributed by atoms with Gasteiger partial charge in [-0.05, 0) is 38.8 Å². The highest BCUT2D eigenvalue weighted by atomic mass is 16.5. The minimum Gasteiger partial charge on any atom is -0.496 e. The zero-order valence-electron chi connectivity index (χ0n) is 15.7. The van der Waals surface area contributed by atoms with Crippen LogP contribution in [-0.4, -0.2) is 48.2 Å². The molecule has 0 radical (unpaired) electrons. The predicted molar refractivity (Wildman–Crippen MR) is 101 cm³/mol. The van der Waals surface area contributed by atoms with E-state index in [1.54, 1.807) is 7.11 Å². The molecular weight excluding hydrogens is 312 g/mol. The number of ether oxygens (including phenoxy) is 1. The van der Waals surface area contributed by atoms with Crippen molar-refractivity contribution in [3.8, 4) is 5.75 Å². The van der Waals surface area contributed by atoms with Crippen LogP contribution in [0.3, 0.4) is 0 Å². The Labute approximate surface area is 150 Å². The van der Waals surface area contributed by atoms with E-state index in [2.05, 4.69) is 39.7 Å². The molecule has 0 unspecified atom stereocenters. The summed E-state index contributed by atoms with van der Waals surface area (Å²) in [5, 5.41) is 0.